The van der Waals surface area contributed by atoms with Crippen LogP contribution in [0.4, 0.5) is 8.78 Å². The Morgan fingerprint density at radius 1 is 1.15 bits per heavy atom. The summed E-state index contributed by atoms with van der Waals surface area (Å²) in [6.07, 6.45) is 1.48. The predicted molar refractivity (Wildman–Crippen MR) is 91.1 cm³/mol. The number of hydrogen-bond donors (Lipinski definition) is 0. The van der Waals surface area contributed by atoms with Crippen molar-refractivity contribution in [3.05, 3.63) is 64.9 Å². The van der Waals surface area contributed by atoms with Crippen molar-refractivity contribution in [1.82, 2.24) is 0 Å². The van der Waals surface area contributed by atoms with E-state index in [1.54, 1.807) is 18.2 Å². The van der Waals surface area contributed by atoms with Crippen molar-refractivity contribution in [3.63, 3.8) is 0 Å². The van der Waals surface area contributed by atoms with Gasteiger partial charge in [0, 0.05) is 6.07 Å². The Morgan fingerprint density at radius 3 is 2.65 bits per heavy atom. The maximum atomic E-state index is 13.8. The van der Waals surface area contributed by atoms with Crippen LogP contribution in [0.3, 0.4) is 0 Å². The topological polar surface area (TPSA) is 57.1 Å². The predicted octanol–water partition coefficient (Wildman–Crippen LogP) is 3.72. The summed E-state index contributed by atoms with van der Waals surface area (Å²) in [6, 6.07) is 8.04. The highest BCUT2D eigenvalue weighted by molar-refractivity contribution is 6.12. The molecule has 0 atom stereocenters. The Morgan fingerprint density at radius 2 is 1.96 bits per heavy atom. The van der Waals surface area contributed by atoms with Gasteiger partial charge in [-0.05, 0) is 42.8 Å². The first-order valence-corrected chi connectivity index (χ1v) is 7.80. The highest BCUT2D eigenvalue weighted by Gasteiger charge is 2.26. The van der Waals surface area contributed by atoms with Gasteiger partial charge in [-0.2, -0.15) is 0 Å². The summed E-state index contributed by atoms with van der Waals surface area (Å²) in [5, 5.41) is 0. The fourth-order valence-electron chi connectivity index (χ4n) is 2.39. The SMILES string of the molecule is CCOc1ccc(/C=C2/N=C(c3ccc(F)cc3F)OC2=O)cc1OC. The molecule has 0 fully saturated rings. The van der Waals surface area contributed by atoms with Crippen LogP contribution in [0.25, 0.3) is 6.08 Å². The Bertz CT molecular complexity index is 922. The second kappa shape index (κ2) is 7.35. The number of esters is 1. The van der Waals surface area contributed by atoms with Crippen molar-refractivity contribution < 1.29 is 27.8 Å². The van der Waals surface area contributed by atoms with Gasteiger partial charge in [-0.3, -0.25) is 0 Å². The molecule has 3 rings (SSSR count). The van der Waals surface area contributed by atoms with Crippen molar-refractivity contribution >= 4 is 17.9 Å². The second-order valence-corrected chi connectivity index (χ2v) is 5.30. The third-order valence-electron chi connectivity index (χ3n) is 3.57. The first-order valence-electron chi connectivity index (χ1n) is 7.80. The number of carbonyl (C=O) groups is 1. The molecule has 2 aromatic rings. The summed E-state index contributed by atoms with van der Waals surface area (Å²) in [6.45, 7) is 2.34. The Labute approximate surface area is 148 Å². The van der Waals surface area contributed by atoms with Crippen LogP contribution in [0, 0.1) is 11.6 Å². The molecule has 1 aliphatic heterocycles. The molecule has 0 spiro atoms. The van der Waals surface area contributed by atoms with Crippen molar-refractivity contribution in [1.29, 1.82) is 0 Å². The molecular formula is C19H15F2NO4. The molecule has 5 nitrogen and oxygen atoms in total. The maximum Gasteiger partial charge on any atom is 0.363 e. The minimum absolute atomic E-state index is 0.00469. The van der Waals surface area contributed by atoms with Gasteiger partial charge in [0.25, 0.3) is 0 Å². The lowest BCUT2D eigenvalue weighted by Gasteiger charge is -2.09. The fraction of sp³-hybridized carbons (Fsp3) is 0.158. The second-order valence-electron chi connectivity index (χ2n) is 5.30. The van der Waals surface area contributed by atoms with E-state index in [1.165, 1.54) is 19.3 Å². The molecule has 0 bridgehead atoms. The van der Waals surface area contributed by atoms with Crippen LogP contribution in [0.5, 0.6) is 11.5 Å². The van der Waals surface area contributed by atoms with Crippen molar-refractivity contribution in [3.8, 4) is 11.5 Å². The third kappa shape index (κ3) is 3.56. The van der Waals surface area contributed by atoms with Gasteiger partial charge in [0.2, 0.25) is 5.90 Å². The van der Waals surface area contributed by atoms with Crippen LogP contribution in [-0.4, -0.2) is 25.6 Å². The minimum atomic E-state index is -0.861. The lowest BCUT2D eigenvalue weighted by molar-refractivity contribution is -0.129. The van der Waals surface area contributed by atoms with E-state index in [0.717, 1.165) is 6.07 Å². The van der Waals surface area contributed by atoms with E-state index in [2.05, 4.69) is 4.99 Å². The summed E-state index contributed by atoms with van der Waals surface area (Å²) in [4.78, 5) is 16.0. The normalized spacial score (nSPS) is 15.0. The number of carbonyl (C=O) groups excluding carboxylic acids is 1. The zero-order valence-electron chi connectivity index (χ0n) is 14.1. The molecule has 1 heterocycles. The lowest BCUT2D eigenvalue weighted by atomic mass is 10.1. The molecular weight excluding hydrogens is 344 g/mol. The van der Waals surface area contributed by atoms with Crippen LogP contribution < -0.4 is 9.47 Å². The van der Waals surface area contributed by atoms with E-state index in [4.69, 9.17) is 14.2 Å². The van der Waals surface area contributed by atoms with Gasteiger partial charge < -0.3 is 14.2 Å². The molecule has 0 saturated carbocycles. The van der Waals surface area contributed by atoms with Gasteiger partial charge in [0.1, 0.15) is 11.6 Å². The van der Waals surface area contributed by atoms with Crippen LogP contribution in [0.1, 0.15) is 18.1 Å². The number of methoxy groups -OCH3 is 1. The highest BCUT2D eigenvalue weighted by atomic mass is 19.1. The summed E-state index contributed by atoms with van der Waals surface area (Å²) >= 11 is 0. The maximum absolute atomic E-state index is 13.8. The van der Waals surface area contributed by atoms with Crippen LogP contribution in [-0.2, 0) is 9.53 Å². The van der Waals surface area contributed by atoms with Gasteiger partial charge in [-0.1, -0.05) is 6.07 Å². The van der Waals surface area contributed by atoms with Gasteiger partial charge in [-0.25, -0.2) is 18.6 Å². The molecule has 134 valence electrons. The molecule has 0 saturated heterocycles. The van der Waals surface area contributed by atoms with E-state index in [0.29, 0.717) is 29.7 Å². The standard InChI is InChI=1S/C19H15F2NO4/c1-3-25-16-7-4-11(9-17(16)24-2)8-15-19(23)26-18(22-15)13-6-5-12(20)10-14(13)21/h4-10H,3H2,1-2H3/b15-8+. The van der Waals surface area contributed by atoms with E-state index >= 15 is 0 Å². The Hall–Kier alpha value is -3.22. The average molecular weight is 359 g/mol. The van der Waals surface area contributed by atoms with Gasteiger partial charge in [0.05, 0.1) is 19.3 Å². The molecule has 0 N–H and O–H groups in total. The van der Waals surface area contributed by atoms with Crippen LogP contribution in [0.2, 0.25) is 0 Å². The van der Waals surface area contributed by atoms with Crippen molar-refractivity contribution in [2.24, 2.45) is 4.99 Å². The summed E-state index contributed by atoms with van der Waals surface area (Å²) < 4.78 is 42.5. The zero-order valence-corrected chi connectivity index (χ0v) is 14.1. The van der Waals surface area contributed by atoms with E-state index < -0.39 is 17.6 Å². The third-order valence-corrected chi connectivity index (χ3v) is 3.57. The molecule has 0 aromatic heterocycles. The molecule has 0 aliphatic carbocycles. The summed E-state index contributed by atoms with van der Waals surface area (Å²) in [7, 11) is 1.51. The number of benzene rings is 2. The molecule has 0 amide bonds. The number of nitrogens with zero attached hydrogens (tertiary/aromatic N) is 1. The van der Waals surface area contributed by atoms with Crippen LogP contribution >= 0.6 is 0 Å². The number of rotatable bonds is 5. The number of halogens is 2. The molecule has 1 aliphatic rings. The van der Waals surface area contributed by atoms with Crippen LogP contribution in [0.15, 0.2) is 47.1 Å². The molecule has 0 unspecified atom stereocenters. The average Bonchev–Trinajstić information content (AvgIpc) is 2.96. The van der Waals surface area contributed by atoms with E-state index in [9.17, 15) is 13.6 Å². The lowest BCUT2D eigenvalue weighted by Crippen LogP contribution is -2.07. The molecule has 26 heavy (non-hydrogen) atoms. The summed E-state index contributed by atoms with van der Waals surface area (Å²) in [5.74, 6) is -1.45. The van der Waals surface area contributed by atoms with E-state index in [-0.39, 0.29) is 17.2 Å². The Balaban J connectivity index is 1.93. The first kappa shape index (κ1) is 17.6. The van der Waals surface area contributed by atoms with Gasteiger partial charge in [0.15, 0.2) is 17.2 Å². The molecule has 7 heteroatoms. The fourth-order valence-corrected chi connectivity index (χ4v) is 2.39. The number of ether oxygens (including phenoxy) is 3. The quantitative estimate of drug-likeness (QED) is 0.603. The molecule has 0 radical (unpaired) electrons. The van der Waals surface area contributed by atoms with Gasteiger partial charge in [-0.15, -0.1) is 0 Å². The largest absolute Gasteiger partial charge is 0.493 e. The van der Waals surface area contributed by atoms with E-state index in [1.807, 2.05) is 6.92 Å². The molecule has 2 aromatic carbocycles. The monoisotopic (exact) mass is 359 g/mol. The summed E-state index contributed by atoms with van der Waals surface area (Å²) in [5.41, 5.74) is 0.532. The number of cyclic esters (lactones) is 1. The Kier molecular flexibility index (Phi) is 4.97. The minimum Gasteiger partial charge on any atom is -0.493 e. The highest BCUT2D eigenvalue weighted by Crippen LogP contribution is 2.30. The van der Waals surface area contributed by atoms with Crippen molar-refractivity contribution in [2.75, 3.05) is 13.7 Å². The zero-order chi connectivity index (χ0) is 18.7. The smallest absolute Gasteiger partial charge is 0.363 e. The first-order chi connectivity index (χ1) is 12.5. The van der Waals surface area contributed by atoms with Gasteiger partial charge >= 0.3 is 5.97 Å². The number of aliphatic imine (C=N–C) groups is 1. The number of hydrogen-bond acceptors (Lipinski definition) is 5. The van der Waals surface area contributed by atoms with Crippen molar-refractivity contribution in [2.45, 2.75) is 6.92 Å².